The van der Waals surface area contributed by atoms with Crippen LogP contribution in [0.2, 0.25) is 0 Å². The van der Waals surface area contributed by atoms with Gasteiger partial charge in [-0.15, -0.1) is 0 Å². The quantitative estimate of drug-likeness (QED) is 0.279. The number of nitrogens with one attached hydrogen (secondary N) is 1. The average molecular weight is 682 g/mol. The number of hydrogen-bond acceptors (Lipinski definition) is 8. The Bertz CT molecular complexity index is 1580. The van der Waals surface area contributed by atoms with Gasteiger partial charge in [0.2, 0.25) is 0 Å². The zero-order chi connectivity index (χ0) is 34.8. The fourth-order valence-electron chi connectivity index (χ4n) is 5.79. The van der Waals surface area contributed by atoms with Crippen molar-refractivity contribution in [2.45, 2.75) is 76.6 Å². The first-order chi connectivity index (χ1) is 22.9. The highest BCUT2D eigenvalue weighted by Gasteiger charge is 2.30. The van der Waals surface area contributed by atoms with E-state index in [1.165, 1.54) is 6.07 Å². The van der Waals surface area contributed by atoms with Crippen LogP contribution in [0.25, 0.3) is 0 Å². The number of anilines is 1. The topological polar surface area (TPSA) is 118 Å². The van der Waals surface area contributed by atoms with E-state index in [4.69, 9.17) is 14.2 Å². The fraction of sp³-hybridized carbons (Fsp3) is 0.486. The maximum atomic E-state index is 14.4. The van der Waals surface area contributed by atoms with Gasteiger partial charge in [0.25, 0.3) is 15.9 Å². The molecule has 0 unspecified atom stereocenters. The van der Waals surface area contributed by atoms with Gasteiger partial charge >= 0.3 is 0 Å². The van der Waals surface area contributed by atoms with Crippen LogP contribution >= 0.6 is 0 Å². The van der Waals surface area contributed by atoms with Gasteiger partial charge in [-0.3, -0.25) is 14.4 Å². The van der Waals surface area contributed by atoms with Crippen LogP contribution in [0.5, 0.6) is 11.5 Å². The second-order valence-corrected chi connectivity index (χ2v) is 14.7. The SMILES string of the molecule is COc1ccc(CN(C)C[C@@H]2OCCCC[C@H](C)Oc3ccc(NS(=O)(=O)c4ccc(C)cc4)cc3C(=O)N([C@H](C)CO)C[C@@H]2C)cc1. The summed E-state index contributed by atoms with van der Waals surface area (Å²) in [6.45, 7) is 9.73. The third-order valence-corrected chi connectivity index (χ3v) is 10.1. The van der Waals surface area contributed by atoms with Crippen LogP contribution in [0.1, 0.15) is 61.5 Å². The molecule has 3 aromatic rings. The average Bonchev–Trinajstić information content (AvgIpc) is 3.06. The summed E-state index contributed by atoms with van der Waals surface area (Å²) in [4.78, 5) is 18.4. The molecule has 10 nitrogen and oxygen atoms in total. The predicted molar refractivity (Wildman–Crippen MR) is 188 cm³/mol. The molecule has 48 heavy (non-hydrogen) atoms. The Morgan fingerprint density at radius 3 is 2.44 bits per heavy atom. The van der Waals surface area contributed by atoms with Crippen LogP contribution in [-0.2, 0) is 21.3 Å². The number of carbonyl (C=O) groups excluding carboxylic acids is 1. The number of sulfonamides is 1. The molecule has 2 N–H and O–H groups in total. The monoisotopic (exact) mass is 681 g/mol. The maximum absolute atomic E-state index is 14.4. The zero-order valence-corrected chi connectivity index (χ0v) is 29.8. The molecule has 11 heteroatoms. The van der Waals surface area contributed by atoms with Crippen molar-refractivity contribution in [2.24, 2.45) is 5.92 Å². The standard InChI is InChI=1S/C37H51N3O7S/c1-26-10-17-33(18-11-26)48(43,44)38-31-14-19-35-34(21-31)37(42)40(28(3)25-41)22-27(2)36(46-20-8-7-9-29(4)47-35)24-39(5)23-30-12-15-32(45-6)16-13-30/h10-19,21,27-29,36,38,41H,7-9,20,22-25H2,1-6H3/t27-,28+,29-,36-/m0/s1. The van der Waals surface area contributed by atoms with E-state index in [2.05, 4.69) is 23.6 Å². The van der Waals surface area contributed by atoms with Crippen LogP contribution in [0.3, 0.4) is 0 Å². The minimum Gasteiger partial charge on any atom is -0.497 e. The lowest BCUT2D eigenvalue weighted by atomic mass is 10.0. The first kappa shape index (κ1) is 37.2. The second kappa shape index (κ2) is 17.1. The third kappa shape index (κ3) is 10.2. The molecule has 1 aliphatic rings. The number of aliphatic hydroxyl groups excluding tert-OH is 1. The van der Waals surface area contributed by atoms with Crippen LogP contribution in [0, 0.1) is 12.8 Å². The lowest BCUT2D eigenvalue weighted by Crippen LogP contribution is -2.47. The Morgan fingerprint density at radius 1 is 1.06 bits per heavy atom. The van der Waals surface area contributed by atoms with Crippen molar-refractivity contribution >= 4 is 21.6 Å². The molecule has 1 heterocycles. The lowest BCUT2D eigenvalue weighted by molar-refractivity contribution is -0.0177. The highest BCUT2D eigenvalue weighted by Crippen LogP contribution is 2.30. The summed E-state index contributed by atoms with van der Waals surface area (Å²) in [6.07, 6.45) is 2.13. The van der Waals surface area contributed by atoms with Crippen LogP contribution < -0.4 is 14.2 Å². The molecular weight excluding hydrogens is 630 g/mol. The molecular formula is C37H51N3O7S. The summed E-state index contributed by atoms with van der Waals surface area (Å²) in [5.74, 6) is 0.738. The summed E-state index contributed by atoms with van der Waals surface area (Å²) in [5.41, 5.74) is 2.56. The number of rotatable bonds is 10. The maximum Gasteiger partial charge on any atom is 0.261 e. The Balaban J connectivity index is 1.62. The normalized spacial score (nSPS) is 20.4. The molecule has 0 bridgehead atoms. The number of likely N-dealkylation sites (N-methyl/N-ethyl adjacent to an activating group) is 1. The molecule has 0 spiro atoms. The Morgan fingerprint density at radius 2 is 1.77 bits per heavy atom. The van der Waals surface area contributed by atoms with Crippen molar-refractivity contribution in [3.05, 3.63) is 83.4 Å². The van der Waals surface area contributed by atoms with Crippen LogP contribution in [0.4, 0.5) is 5.69 Å². The van der Waals surface area contributed by atoms with Crippen LogP contribution in [0.15, 0.2) is 71.6 Å². The number of methoxy groups -OCH3 is 1. The summed E-state index contributed by atoms with van der Waals surface area (Å²) < 4.78 is 47.2. The number of aryl methyl sites for hydroxylation is 1. The summed E-state index contributed by atoms with van der Waals surface area (Å²) in [6, 6.07) is 18.8. The molecule has 1 aliphatic heterocycles. The van der Waals surface area contributed by atoms with Crippen molar-refractivity contribution in [2.75, 3.05) is 45.2 Å². The van der Waals surface area contributed by atoms with Gasteiger partial charge in [-0.2, -0.15) is 0 Å². The fourth-order valence-corrected chi connectivity index (χ4v) is 6.84. The number of aliphatic hydroxyl groups is 1. The molecule has 1 amide bonds. The van der Waals surface area contributed by atoms with Crippen molar-refractivity contribution in [3.8, 4) is 11.5 Å². The molecule has 0 fully saturated rings. The number of ether oxygens (including phenoxy) is 3. The van der Waals surface area contributed by atoms with Gasteiger partial charge in [-0.05, 0) is 95.1 Å². The number of nitrogens with zero attached hydrogens (tertiary/aromatic N) is 2. The first-order valence-corrected chi connectivity index (χ1v) is 18.1. The minimum absolute atomic E-state index is 0.0873. The van der Waals surface area contributed by atoms with Crippen molar-refractivity contribution in [1.29, 1.82) is 0 Å². The molecule has 0 radical (unpaired) electrons. The molecule has 3 aromatic carbocycles. The molecule has 4 atom stereocenters. The van der Waals surface area contributed by atoms with E-state index in [9.17, 15) is 18.3 Å². The Hall–Kier alpha value is -3.64. The first-order valence-electron chi connectivity index (χ1n) is 16.6. The summed E-state index contributed by atoms with van der Waals surface area (Å²) in [5, 5.41) is 10.3. The van der Waals surface area contributed by atoms with Crippen LogP contribution in [-0.4, -0.2) is 87.9 Å². The van der Waals surface area contributed by atoms with E-state index in [1.54, 1.807) is 55.3 Å². The number of hydrogen-bond donors (Lipinski definition) is 2. The largest absolute Gasteiger partial charge is 0.497 e. The van der Waals surface area contributed by atoms with E-state index < -0.39 is 16.1 Å². The predicted octanol–water partition coefficient (Wildman–Crippen LogP) is 5.73. The lowest BCUT2D eigenvalue weighted by Gasteiger charge is -2.36. The minimum atomic E-state index is -3.91. The third-order valence-electron chi connectivity index (χ3n) is 8.74. The number of benzene rings is 3. The highest BCUT2D eigenvalue weighted by molar-refractivity contribution is 7.92. The summed E-state index contributed by atoms with van der Waals surface area (Å²) in [7, 11) is -0.200. The molecule has 4 rings (SSSR count). The van der Waals surface area contributed by atoms with E-state index >= 15 is 0 Å². The molecule has 0 saturated carbocycles. The number of carbonyl (C=O) groups is 1. The van der Waals surface area contributed by atoms with Gasteiger partial charge in [0.05, 0.1) is 42.4 Å². The van der Waals surface area contributed by atoms with Crippen molar-refractivity contribution < 1.29 is 32.5 Å². The Labute approximate surface area is 286 Å². The van der Waals surface area contributed by atoms with Gasteiger partial charge in [0.15, 0.2) is 0 Å². The molecule has 0 aromatic heterocycles. The Kier molecular flexibility index (Phi) is 13.3. The van der Waals surface area contributed by atoms with Gasteiger partial charge in [-0.25, -0.2) is 8.42 Å². The van der Waals surface area contributed by atoms with Crippen molar-refractivity contribution in [1.82, 2.24) is 9.80 Å². The number of amides is 1. The van der Waals surface area contributed by atoms with E-state index in [0.29, 0.717) is 25.4 Å². The van der Waals surface area contributed by atoms with Gasteiger partial charge in [0, 0.05) is 37.8 Å². The van der Waals surface area contributed by atoms with E-state index in [0.717, 1.165) is 42.7 Å². The smallest absolute Gasteiger partial charge is 0.261 e. The van der Waals surface area contributed by atoms with Crippen molar-refractivity contribution in [3.63, 3.8) is 0 Å². The van der Waals surface area contributed by atoms with E-state index in [1.807, 2.05) is 38.1 Å². The summed E-state index contributed by atoms with van der Waals surface area (Å²) >= 11 is 0. The molecule has 0 saturated heterocycles. The van der Waals surface area contributed by atoms with Gasteiger partial charge in [0.1, 0.15) is 11.5 Å². The zero-order valence-electron chi connectivity index (χ0n) is 29.0. The highest BCUT2D eigenvalue weighted by atomic mass is 32.2. The molecule has 262 valence electrons. The van der Waals surface area contributed by atoms with Gasteiger partial charge in [-0.1, -0.05) is 36.8 Å². The number of fused-ring (bicyclic) bond motifs is 1. The van der Waals surface area contributed by atoms with E-state index in [-0.39, 0.29) is 46.8 Å². The molecule has 0 aliphatic carbocycles. The second-order valence-electron chi connectivity index (χ2n) is 13.0. The van der Waals surface area contributed by atoms with Gasteiger partial charge < -0.3 is 24.2 Å².